The Bertz CT molecular complexity index is 603. The van der Waals surface area contributed by atoms with Gasteiger partial charge in [0.25, 0.3) is 5.22 Å². The fraction of sp³-hybridized carbons (Fsp3) is 0.818. The molecule has 2 heterocycles. The third-order valence-electron chi connectivity index (χ3n) is 3.60. The van der Waals surface area contributed by atoms with Gasteiger partial charge in [0.1, 0.15) is 4.33 Å². The Morgan fingerprint density at radius 1 is 1.40 bits per heavy atom. The minimum atomic E-state index is -2.86. The van der Waals surface area contributed by atoms with Crippen molar-refractivity contribution < 1.29 is 12.8 Å². The molecule has 0 N–H and O–H groups in total. The van der Waals surface area contributed by atoms with E-state index in [-0.39, 0.29) is 23.3 Å². The molecule has 0 unspecified atom stereocenters. The number of alkyl halides is 2. The first-order valence-corrected chi connectivity index (χ1v) is 9.94. The Morgan fingerprint density at radius 3 is 2.75 bits per heavy atom. The van der Waals surface area contributed by atoms with Gasteiger partial charge >= 0.3 is 0 Å². The number of sulfone groups is 1. The summed E-state index contributed by atoms with van der Waals surface area (Å²) in [5.41, 5.74) is 0. The smallest absolute Gasteiger partial charge is 0.276 e. The van der Waals surface area contributed by atoms with Gasteiger partial charge < -0.3 is 4.42 Å². The van der Waals surface area contributed by atoms with E-state index < -0.39 is 14.2 Å². The highest BCUT2D eigenvalue weighted by molar-refractivity contribution is 7.99. The molecular weight excluding hydrogens is 343 g/mol. The molecule has 2 atom stereocenters. The minimum Gasteiger partial charge on any atom is -0.416 e. The van der Waals surface area contributed by atoms with E-state index in [1.807, 2.05) is 0 Å². The van der Waals surface area contributed by atoms with Gasteiger partial charge in [-0.25, -0.2) is 8.42 Å². The molecule has 1 saturated carbocycles. The molecule has 2 fully saturated rings. The molecule has 20 heavy (non-hydrogen) atoms. The zero-order valence-corrected chi connectivity index (χ0v) is 13.7. The summed E-state index contributed by atoms with van der Waals surface area (Å²) in [5.74, 6) is 2.12. The van der Waals surface area contributed by atoms with Crippen molar-refractivity contribution in [3.8, 4) is 0 Å². The Hall–Kier alpha value is 0.0200. The van der Waals surface area contributed by atoms with Gasteiger partial charge in [-0.15, -0.1) is 33.4 Å². The molecule has 0 radical (unpaired) electrons. The predicted octanol–water partition coefficient (Wildman–Crippen LogP) is 2.33. The third-order valence-corrected chi connectivity index (χ3v) is 7.35. The van der Waals surface area contributed by atoms with Crippen LogP contribution in [-0.4, -0.2) is 40.2 Å². The number of thioether (sulfide) groups is 1. The first-order valence-electron chi connectivity index (χ1n) is 6.37. The van der Waals surface area contributed by atoms with Crippen LogP contribution in [0.4, 0.5) is 0 Å². The fourth-order valence-corrected chi connectivity index (χ4v) is 5.85. The third kappa shape index (κ3) is 3.61. The average molecular weight is 357 g/mol. The van der Waals surface area contributed by atoms with E-state index in [1.54, 1.807) is 0 Å². The van der Waals surface area contributed by atoms with Crippen LogP contribution in [0.3, 0.4) is 0 Å². The van der Waals surface area contributed by atoms with Crippen LogP contribution in [-0.2, 0) is 16.3 Å². The molecule has 9 heteroatoms. The summed E-state index contributed by atoms with van der Waals surface area (Å²) in [6.07, 6.45) is 2.01. The number of hydrogen-bond acceptors (Lipinski definition) is 6. The molecule has 5 nitrogen and oxygen atoms in total. The summed E-state index contributed by atoms with van der Waals surface area (Å²) < 4.78 is 27.7. The van der Waals surface area contributed by atoms with Gasteiger partial charge in [0.2, 0.25) is 5.89 Å². The molecule has 0 bridgehead atoms. The number of hydrogen-bond donors (Lipinski definition) is 0. The molecule has 3 rings (SSSR count). The zero-order valence-electron chi connectivity index (χ0n) is 10.6. The van der Waals surface area contributed by atoms with Crippen molar-refractivity contribution in [1.82, 2.24) is 10.2 Å². The van der Waals surface area contributed by atoms with E-state index in [0.717, 1.165) is 12.2 Å². The topological polar surface area (TPSA) is 73.1 Å². The summed E-state index contributed by atoms with van der Waals surface area (Å²) in [5, 5.41) is 8.41. The van der Waals surface area contributed by atoms with Crippen molar-refractivity contribution in [3.05, 3.63) is 5.89 Å². The second-order valence-corrected chi connectivity index (χ2v) is 10.2. The molecule has 0 spiro atoms. The molecule has 112 valence electrons. The summed E-state index contributed by atoms with van der Waals surface area (Å²) >= 11 is 13.3. The minimum absolute atomic E-state index is 0.0973. The molecular formula is C11H14Cl2N2O3S2. The molecule has 1 aliphatic heterocycles. The van der Waals surface area contributed by atoms with Crippen molar-refractivity contribution in [3.63, 3.8) is 0 Å². The van der Waals surface area contributed by atoms with Crippen molar-refractivity contribution in [2.45, 2.75) is 28.8 Å². The van der Waals surface area contributed by atoms with Crippen molar-refractivity contribution in [2.75, 3.05) is 17.3 Å². The van der Waals surface area contributed by atoms with Gasteiger partial charge in [0.05, 0.1) is 11.5 Å². The highest BCUT2D eigenvalue weighted by atomic mass is 35.5. The Morgan fingerprint density at radius 2 is 2.15 bits per heavy atom. The molecule has 1 aromatic rings. The van der Waals surface area contributed by atoms with Crippen LogP contribution in [0.5, 0.6) is 0 Å². The van der Waals surface area contributed by atoms with Crippen molar-refractivity contribution >= 4 is 44.8 Å². The Balaban J connectivity index is 1.50. The second kappa shape index (κ2) is 5.34. The average Bonchev–Trinajstić information content (AvgIpc) is 2.71. The molecule has 2 aliphatic rings. The zero-order chi connectivity index (χ0) is 14.4. The highest BCUT2D eigenvalue weighted by Crippen LogP contribution is 2.54. The van der Waals surface area contributed by atoms with E-state index in [0.29, 0.717) is 24.0 Å². The molecule has 1 aromatic heterocycles. The van der Waals surface area contributed by atoms with Gasteiger partial charge in [0.15, 0.2) is 9.84 Å². The monoisotopic (exact) mass is 356 g/mol. The van der Waals surface area contributed by atoms with Gasteiger partial charge in [-0.3, -0.25) is 0 Å². The van der Waals surface area contributed by atoms with Crippen LogP contribution in [0.1, 0.15) is 18.7 Å². The first kappa shape index (κ1) is 14.9. The van der Waals surface area contributed by atoms with Gasteiger partial charge in [0, 0.05) is 18.1 Å². The maximum absolute atomic E-state index is 11.4. The molecule has 0 amide bonds. The summed E-state index contributed by atoms with van der Waals surface area (Å²) in [4.78, 5) is 0. The highest BCUT2D eigenvalue weighted by Gasteiger charge is 2.51. The van der Waals surface area contributed by atoms with Crippen LogP contribution >= 0.6 is 35.0 Å². The predicted molar refractivity (Wildman–Crippen MR) is 78.0 cm³/mol. The van der Waals surface area contributed by atoms with Crippen LogP contribution < -0.4 is 0 Å². The first-order chi connectivity index (χ1) is 9.34. The van der Waals surface area contributed by atoms with Gasteiger partial charge in [-0.1, -0.05) is 11.8 Å². The van der Waals surface area contributed by atoms with E-state index in [4.69, 9.17) is 27.6 Å². The van der Waals surface area contributed by atoms with Gasteiger partial charge in [-0.2, -0.15) is 0 Å². The summed E-state index contributed by atoms with van der Waals surface area (Å²) in [6.45, 7) is 0. The van der Waals surface area contributed by atoms with E-state index in [9.17, 15) is 8.42 Å². The standard InChI is InChI=1S/C11H14Cl2N2O3S2/c12-11(13)4-8(11)5-19-10-15-14-9(18-10)3-7-1-2-20(16,17)6-7/h7-8H,1-6H2/t7-,8-/m0/s1. The lowest BCUT2D eigenvalue weighted by molar-refractivity contribution is 0.389. The normalized spacial score (nSPS) is 30.5. The molecule has 1 saturated heterocycles. The Labute approximate surface area is 131 Å². The Kier molecular flexibility index (Phi) is 3.99. The lowest BCUT2D eigenvalue weighted by Crippen LogP contribution is -2.07. The summed E-state index contributed by atoms with van der Waals surface area (Å²) in [7, 11) is -2.86. The van der Waals surface area contributed by atoms with Crippen LogP contribution in [0.2, 0.25) is 0 Å². The van der Waals surface area contributed by atoms with E-state index in [2.05, 4.69) is 10.2 Å². The number of rotatable bonds is 5. The summed E-state index contributed by atoms with van der Waals surface area (Å²) in [6, 6.07) is 0. The lowest BCUT2D eigenvalue weighted by Gasteiger charge is -2.01. The quantitative estimate of drug-likeness (QED) is 0.595. The second-order valence-electron chi connectivity index (χ2n) is 5.41. The fourth-order valence-electron chi connectivity index (χ4n) is 2.28. The number of halogens is 2. The van der Waals surface area contributed by atoms with E-state index >= 15 is 0 Å². The maximum atomic E-state index is 11.4. The van der Waals surface area contributed by atoms with Gasteiger partial charge in [-0.05, 0) is 18.8 Å². The molecule has 1 aliphatic carbocycles. The molecule has 0 aromatic carbocycles. The lowest BCUT2D eigenvalue weighted by atomic mass is 10.1. The van der Waals surface area contributed by atoms with Crippen LogP contribution in [0.25, 0.3) is 0 Å². The maximum Gasteiger partial charge on any atom is 0.276 e. The number of nitrogens with zero attached hydrogens (tertiary/aromatic N) is 2. The SMILES string of the molecule is O=S1(=O)CC[C@@H](Cc2nnc(SC[C@@H]3CC3(Cl)Cl)o2)C1. The largest absolute Gasteiger partial charge is 0.416 e. The van der Waals surface area contributed by atoms with Crippen molar-refractivity contribution in [2.24, 2.45) is 11.8 Å². The number of aromatic nitrogens is 2. The van der Waals surface area contributed by atoms with Crippen LogP contribution in [0.15, 0.2) is 9.64 Å². The van der Waals surface area contributed by atoms with Crippen molar-refractivity contribution in [1.29, 1.82) is 0 Å². The van der Waals surface area contributed by atoms with Crippen LogP contribution in [0, 0.1) is 11.8 Å². The van der Waals surface area contributed by atoms with E-state index in [1.165, 1.54) is 11.8 Å².